The smallest absolute Gasteiger partial charge is 0.251 e. The molecule has 1 aliphatic rings. The van der Waals surface area contributed by atoms with Gasteiger partial charge in [0.2, 0.25) is 0 Å². The number of aryl methyl sites for hydroxylation is 1. The van der Waals surface area contributed by atoms with Gasteiger partial charge in [-0.05, 0) is 49.7 Å². The predicted octanol–water partition coefficient (Wildman–Crippen LogP) is 3.39. The molecule has 2 rings (SSSR count). The predicted molar refractivity (Wildman–Crippen MR) is 86.7 cm³/mol. The maximum atomic E-state index is 12.4. The standard InChI is InChI=1S/C17H27N3O/c1-4-9-18-15-11-13(10-14(5-2)20-15)16(21)19-12-17(6-3)7-8-17/h10-11H,4-9,12H2,1-3H3,(H,18,20)(H,19,21). The van der Waals surface area contributed by atoms with Gasteiger partial charge in [0.15, 0.2) is 0 Å². The molecule has 4 heteroatoms. The van der Waals surface area contributed by atoms with Crippen molar-refractivity contribution in [1.29, 1.82) is 0 Å². The molecule has 4 nitrogen and oxygen atoms in total. The fourth-order valence-electron chi connectivity index (χ4n) is 2.45. The molecule has 0 saturated heterocycles. The van der Waals surface area contributed by atoms with Crippen molar-refractivity contribution in [2.45, 2.75) is 52.9 Å². The first-order valence-electron chi connectivity index (χ1n) is 8.15. The van der Waals surface area contributed by atoms with E-state index in [1.54, 1.807) is 0 Å². The first kappa shape index (κ1) is 15.8. The summed E-state index contributed by atoms with van der Waals surface area (Å²) in [5.41, 5.74) is 2.05. The number of nitrogens with zero attached hydrogens (tertiary/aromatic N) is 1. The monoisotopic (exact) mass is 289 g/mol. The summed E-state index contributed by atoms with van der Waals surface area (Å²) in [6.07, 6.45) is 5.50. The van der Waals surface area contributed by atoms with Gasteiger partial charge in [-0.15, -0.1) is 0 Å². The molecule has 1 aromatic rings. The number of anilines is 1. The van der Waals surface area contributed by atoms with Crippen molar-refractivity contribution in [3.05, 3.63) is 23.4 Å². The van der Waals surface area contributed by atoms with Crippen LogP contribution in [0.1, 0.15) is 62.5 Å². The topological polar surface area (TPSA) is 54.0 Å². The van der Waals surface area contributed by atoms with Crippen LogP contribution in [0.25, 0.3) is 0 Å². The van der Waals surface area contributed by atoms with Gasteiger partial charge in [0.05, 0.1) is 0 Å². The van der Waals surface area contributed by atoms with Crippen molar-refractivity contribution >= 4 is 11.7 Å². The summed E-state index contributed by atoms with van der Waals surface area (Å²) >= 11 is 0. The van der Waals surface area contributed by atoms with Gasteiger partial charge in [0, 0.05) is 24.3 Å². The van der Waals surface area contributed by atoms with Crippen LogP contribution in [0.3, 0.4) is 0 Å². The maximum Gasteiger partial charge on any atom is 0.251 e. The minimum absolute atomic E-state index is 0.0198. The summed E-state index contributed by atoms with van der Waals surface area (Å²) in [6.45, 7) is 8.05. The number of amides is 1. The molecule has 2 N–H and O–H groups in total. The number of aromatic nitrogens is 1. The third-order valence-electron chi connectivity index (χ3n) is 4.39. The Labute approximate surface area is 127 Å². The lowest BCUT2D eigenvalue weighted by Crippen LogP contribution is -2.30. The van der Waals surface area contributed by atoms with Gasteiger partial charge in [-0.25, -0.2) is 4.98 Å². The second-order valence-electron chi connectivity index (χ2n) is 6.05. The van der Waals surface area contributed by atoms with Gasteiger partial charge in [0.1, 0.15) is 5.82 Å². The fourth-order valence-corrected chi connectivity index (χ4v) is 2.45. The quantitative estimate of drug-likeness (QED) is 0.771. The Hall–Kier alpha value is -1.58. The summed E-state index contributed by atoms with van der Waals surface area (Å²) in [6, 6.07) is 3.76. The third kappa shape index (κ3) is 4.19. The van der Waals surface area contributed by atoms with Crippen molar-refractivity contribution in [2.75, 3.05) is 18.4 Å². The summed E-state index contributed by atoms with van der Waals surface area (Å²) in [4.78, 5) is 16.9. The Morgan fingerprint density at radius 2 is 2.05 bits per heavy atom. The van der Waals surface area contributed by atoms with Crippen LogP contribution < -0.4 is 10.6 Å². The zero-order valence-corrected chi connectivity index (χ0v) is 13.5. The molecular weight excluding hydrogens is 262 g/mol. The molecule has 0 aromatic carbocycles. The summed E-state index contributed by atoms with van der Waals surface area (Å²) in [5, 5.41) is 6.36. The molecule has 1 saturated carbocycles. The molecule has 0 atom stereocenters. The zero-order chi connectivity index (χ0) is 15.3. The van der Waals surface area contributed by atoms with E-state index in [1.165, 1.54) is 12.8 Å². The molecule has 0 spiro atoms. The molecule has 0 aliphatic heterocycles. The van der Waals surface area contributed by atoms with Gasteiger partial charge < -0.3 is 10.6 Å². The van der Waals surface area contributed by atoms with Crippen LogP contribution in [0.5, 0.6) is 0 Å². The highest BCUT2D eigenvalue weighted by Crippen LogP contribution is 2.47. The average molecular weight is 289 g/mol. The maximum absolute atomic E-state index is 12.4. The number of carbonyl (C=O) groups is 1. The molecule has 116 valence electrons. The lowest BCUT2D eigenvalue weighted by Gasteiger charge is -2.14. The van der Waals surface area contributed by atoms with E-state index in [4.69, 9.17) is 0 Å². The highest BCUT2D eigenvalue weighted by molar-refractivity contribution is 5.95. The van der Waals surface area contributed by atoms with E-state index in [1.807, 2.05) is 12.1 Å². The molecule has 1 fully saturated rings. The fraction of sp³-hybridized carbons (Fsp3) is 0.647. The van der Waals surface area contributed by atoms with E-state index >= 15 is 0 Å². The molecule has 1 amide bonds. The average Bonchev–Trinajstić information content (AvgIpc) is 3.30. The molecule has 0 unspecified atom stereocenters. The molecular formula is C17H27N3O. The Morgan fingerprint density at radius 1 is 1.29 bits per heavy atom. The molecule has 0 bridgehead atoms. The summed E-state index contributed by atoms with van der Waals surface area (Å²) < 4.78 is 0. The van der Waals surface area contributed by atoms with E-state index in [-0.39, 0.29) is 5.91 Å². The molecule has 0 radical (unpaired) electrons. The van der Waals surface area contributed by atoms with Crippen LogP contribution in [0.4, 0.5) is 5.82 Å². The van der Waals surface area contributed by atoms with Crippen LogP contribution in [0, 0.1) is 5.41 Å². The van der Waals surface area contributed by atoms with Gasteiger partial charge in [-0.3, -0.25) is 4.79 Å². The Kier molecular flexibility index (Phi) is 5.21. The van der Waals surface area contributed by atoms with Gasteiger partial charge >= 0.3 is 0 Å². The van der Waals surface area contributed by atoms with Gasteiger partial charge in [0.25, 0.3) is 5.91 Å². The highest BCUT2D eigenvalue weighted by Gasteiger charge is 2.40. The Balaban J connectivity index is 2.04. The summed E-state index contributed by atoms with van der Waals surface area (Å²) in [5.74, 6) is 0.823. The van der Waals surface area contributed by atoms with Crippen molar-refractivity contribution in [1.82, 2.24) is 10.3 Å². The number of carbonyl (C=O) groups excluding carboxylic acids is 1. The van der Waals surface area contributed by atoms with Crippen molar-refractivity contribution in [3.8, 4) is 0 Å². The molecule has 21 heavy (non-hydrogen) atoms. The van der Waals surface area contributed by atoms with Crippen LogP contribution in [0.15, 0.2) is 12.1 Å². The SMILES string of the molecule is CCCNc1cc(C(=O)NCC2(CC)CC2)cc(CC)n1. The largest absolute Gasteiger partial charge is 0.370 e. The van der Waals surface area contributed by atoms with Crippen LogP contribution in [0.2, 0.25) is 0 Å². The molecule has 1 heterocycles. The van der Waals surface area contributed by atoms with E-state index in [9.17, 15) is 4.79 Å². The number of pyridine rings is 1. The summed E-state index contributed by atoms with van der Waals surface area (Å²) in [7, 11) is 0. The third-order valence-corrected chi connectivity index (χ3v) is 4.39. The Morgan fingerprint density at radius 3 is 2.62 bits per heavy atom. The second kappa shape index (κ2) is 6.92. The lowest BCUT2D eigenvalue weighted by molar-refractivity contribution is 0.0944. The van der Waals surface area contributed by atoms with Crippen LogP contribution in [-0.4, -0.2) is 24.0 Å². The first-order valence-corrected chi connectivity index (χ1v) is 8.15. The minimum atomic E-state index is 0.0198. The second-order valence-corrected chi connectivity index (χ2v) is 6.05. The van der Waals surface area contributed by atoms with E-state index in [0.717, 1.165) is 43.9 Å². The van der Waals surface area contributed by atoms with Crippen LogP contribution in [-0.2, 0) is 6.42 Å². The number of hydrogen-bond acceptors (Lipinski definition) is 3. The lowest BCUT2D eigenvalue weighted by atomic mass is 10.0. The Bertz CT molecular complexity index is 495. The van der Waals surface area contributed by atoms with Crippen molar-refractivity contribution in [2.24, 2.45) is 5.41 Å². The number of nitrogens with one attached hydrogen (secondary N) is 2. The van der Waals surface area contributed by atoms with E-state index in [0.29, 0.717) is 11.0 Å². The zero-order valence-electron chi connectivity index (χ0n) is 13.5. The minimum Gasteiger partial charge on any atom is -0.370 e. The van der Waals surface area contributed by atoms with Crippen molar-refractivity contribution in [3.63, 3.8) is 0 Å². The van der Waals surface area contributed by atoms with Crippen LogP contribution >= 0.6 is 0 Å². The first-order chi connectivity index (χ1) is 10.1. The molecule has 1 aliphatic carbocycles. The number of rotatable bonds is 8. The highest BCUT2D eigenvalue weighted by atomic mass is 16.1. The normalized spacial score (nSPS) is 15.6. The molecule has 1 aromatic heterocycles. The van der Waals surface area contributed by atoms with E-state index < -0.39 is 0 Å². The number of hydrogen-bond donors (Lipinski definition) is 2. The van der Waals surface area contributed by atoms with Gasteiger partial charge in [-0.1, -0.05) is 20.8 Å². The van der Waals surface area contributed by atoms with E-state index in [2.05, 4.69) is 36.4 Å². The van der Waals surface area contributed by atoms with Gasteiger partial charge in [-0.2, -0.15) is 0 Å². The van der Waals surface area contributed by atoms with Crippen molar-refractivity contribution < 1.29 is 4.79 Å².